The van der Waals surface area contributed by atoms with Gasteiger partial charge in [-0.15, -0.1) is 10.2 Å². The van der Waals surface area contributed by atoms with Gasteiger partial charge in [0.25, 0.3) is 0 Å². The number of hydrogen-bond donors (Lipinski definition) is 1. The van der Waals surface area contributed by atoms with Crippen LogP contribution in [0.2, 0.25) is 5.02 Å². The van der Waals surface area contributed by atoms with Gasteiger partial charge in [0.1, 0.15) is 5.75 Å². The minimum Gasteiger partial charge on any atom is -0.497 e. The predicted octanol–water partition coefficient (Wildman–Crippen LogP) is 4.04. The van der Waals surface area contributed by atoms with Gasteiger partial charge in [0, 0.05) is 18.5 Å². The van der Waals surface area contributed by atoms with E-state index < -0.39 is 0 Å². The third-order valence-corrected chi connectivity index (χ3v) is 6.40. The lowest BCUT2D eigenvalue weighted by molar-refractivity contribution is -0.131. The number of hydrogen-bond acceptors (Lipinski definition) is 6. The van der Waals surface area contributed by atoms with Gasteiger partial charge in [0.05, 0.1) is 35.6 Å². The number of methoxy groups -OCH3 is 1. The minimum absolute atomic E-state index is 0.0927. The zero-order chi connectivity index (χ0) is 23.5. The van der Waals surface area contributed by atoms with Crippen LogP contribution >= 0.6 is 23.4 Å². The quantitative estimate of drug-likeness (QED) is 0.399. The van der Waals surface area contributed by atoms with E-state index in [4.69, 9.17) is 16.3 Å². The molecule has 1 N–H and O–H groups in total. The number of thioether (sulfide) groups is 1. The Balaban J connectivity index is 1.46. The monoisotopic (exact) mass is 483 g/mol. The fourth-order valence-electron chi connectivity index (χ4n) is 3.42. The van der Waals surface area contributed by atoms with Crippen LogP contribution in [0.25, 0.3) is 16.6 Å². The second-order valence-electron chi connectivity index (χ2n) is 7.45. The molecule has 33 heavy (non-hydrogen) atoms. The van der Waals surface area contributed by atoms with E-state index in [1.165, 1.54) is 16.7 Å². The number of ether oxygens (including phenoxy) is 1. The number of carbonyl (C=O) groups is 2. The van der Waals surface area contributed by atoms with E-state index >= 15 is 0 Å². The van der Waals surface area contributed by atoms with Crippen LogP contribution in [-0.4, -0.2) is 57.8 Å². The van der Waals surface area contributed by atoms with Crippen molar-refractivity contribution in [2.75, 3.05) is 31.8 Å². The normalized spacial score (nSPS) is 11.0. The van der Waals surface area contributed by atoms with Crippen molar-refractivity contribution in [1.29, 1.82) is 0 Å². The highest BCUT2D eigenvalue weighted by atomic mass is 35.5. The Morgan fingerprint density at radius 2 is 1.97 bits per heavy atom. The molecular weight excluding hydrogens is 462 g/mol. The summed E-state index contributed by atoms with van der Waals surface area (Å²) < 4.78 is 7.29. The number of likely N-dealkylation sites (N-methyl/N-ethyl adjacent to an activating group) is 1. The number of fused-ring (bicyclic) bond motifs is 3. The van der Waals surface area contributed by atoms with E-state index in [2.05, 4.69) is 15.5 Å². The first-order valence-corrected chi connectivity index (χ1v) is 11.5. The molecule has 10 heteroatoms. The summed E-state index contributed by atoms with van der Waals surface area (Å²) in [5.41, 5.74) is 3.17. The number of nitrogens with one attached hydrogen (secondary N) is 1. The third kappa shape index (κ3) is 4.89. The Labute approximate surface area is 199 Å². The molecule has 4 rings (SSSR count). The number of amides is 2. The van der Waals surface area contributed by atoms with Crippen LogP contribution in [0.15, 0.2) is 53.7 Å². The molecule has 8 nitrogen and oxygen atoms in total. The largest absolute Gasteiger partial charge is 0.497 e. The molecule has 0 spiro atoms. The number of benzene rings is 2. The van der Waals surface area contributed by atoms with Crippen molar-refractivity contribution in [3.05, 3.63) is 59.1 Å². The molecule has 0 aliphatic carbocycles. The molecule has 0 aliphatic rings. The highest BCUT2D eigenvalue weighted by Gasteiger charge is 2.17. The lowest BCUT2D eigenvalue weighted by Gasteiger charge is -2.17. The molecule has 4 aromatic rings. The molecule has 2 heterocycles. The van der Waals surface area contributed by atoms with E-state index in [-0.39, 0.29) is 24.1 Å². The molecule has 2 amide bonds. The maximum Gasteiger partial charge on any atom is 0.244 e. The van der Waals surface area contributed by atoms with Crippen LogP contribution in [0.4, 0.5) is 5.69 Å². The molecule has 170 valence electrons. The summed E-state index contributed by atoms with van der Waals surface area (Å²) in [7, 11) is 3.20. The summed E-state index contributed by atoms with van der Waals surface area (Å²) in [6, 6.07) is 14.7. The van der Waals surface area contributed by atoms with Gasteiger partial charge in [-0.1, -0.05) is 35.5 Å². The number of carbonyl (C=O) groups excluding carboxylic acids is 2. The third-order valence-electron chi connectivity index (χ3n) is 5.15. The number of aryl methyl sites for hydroxylation is 1. The standard InChI is InChI=1S/C23H22ClN5O3S/c1-14-10-20-26-27-23(29(20)19-11-15(32-3)8-9-16(14)19)33-13-22(31)28(2)12-21(30)25-18-7-5-4-6-17(18)24/h4-11H,12-13H2,1-3H3,(H,25,30). The number of pyridine rings is 1. The Hall–Kier alpha value is -3.30. The molecule has 0 aliphatic heterocycles. The fraction of sp³-hybridized carbons (Fsp3) is 0.217. The summed E-state index contributed by atoms with van der Waals surface area (Å²) in [5, 5.41) is 13.3. The smallest absolute Gasteiger partial charge is 0.244 e. The first-order valence-electron chi connectivity index (χ1n) is 10.1. The van der Waals surface area contributed by atoms with Crippen molar-refractivity contribution in [3.8, 4) is 5.75 Å². The maximum atomic E-state index is 12.7. The van der Waals surface area contributed by atoms with Gasteiger partial charge in [-0.05, 0) is 42.8 Å². The van der Waals surface area contributed by atoms with E-state index in [0.29, 0.717) is 21.5 Å². The first-order chi connectivity index (χ1) is 15.9. The molecule has 0 unspecified atom stereocenters. The second kappa shape index (κ2) is 9.68. The zero-order valence-electron chi connectivity index (χ0n) is 18.3. The van der Waals surface area contributed by atoms with Crippen LogP contribution < -0.4 is 10.1 Å². The van der Waals surface area contributed by atoms with Gasteiger partial charge >= 0.3 is 0 Å². The molecule has 0 atom stereocenters. The topological polar surface area (TPSA) is 88.8 Å². The Bertz CT molecular complexity index is 1360. The maximum absolute atomic E-state index is 12.7. The van der Waals surface area contributed by atoms with Gasteiger partial charge in [0.15, 0.2) is 10.8 Å². The number of anilines is 1. The molecule has 2 aromatic carbocycles. The lowest BCUT2D eigenvalue weighted by atomic mass is 10.1. The first kappa shape index (κ1) is 22.9. The van der Waals surface area contributed by atoms with Gasteiger partial charge in [-0.25, -0.2) is 0 Å². The van der Waals surface area contributed by atoms with E-state index in [9.17, 15) is 9.59 Å². The Morgan fingerprint density at radius 1 is 1.18 bits per heavy atom. The van der Waals surface area contributed by atoms with Gasteiger partial charge in [-0.3, -0.25) is 14.0 Å². The Morgan fingerprint density at radius 3 is 2.73 bits per heavy atom. The highest BCUT2D eigenvalue weighted by Crippen LogP contribution is 2.28. The van der Waals surface area contributed by atoms with Crippen LogP contribution in [0.5, 0.6) is 5.75 Å². The molecule has 0 saturated heterocycles. The van der Waals surface area contributed by atoms with Crippen LogP contribution in [0, 0.1) is 6.92 Å². The number of nitrogens with zero attached hydrogens (tertiary/aromatic N) is 4. The zero-order valence-corrected chi connectivity index (χ0v) is 19.9. The summed E-state index contributed by atoms with van der Waals surface area (Å²) >= 11 is 7.34. The van der Waals surface area contributed by atoms with Crippen molar-refractivity contribution < 1.29 is 14.3 Å². The SMILES string of the molecule is COc1ccc2c(C)cc3nnc(SCC(=O)N(C)CC(=O)Nc4ccccc4Cl)n3c2c1. The summed E-state index contributed by atoms with van der Waals surface area (Å²) in [6.45, 7) is 1.92. The molecule has 0 fully saturated rings. The van der Waals surface area contributed by atoms with Gasteiger partial charge in [-0.2, -0.15) is 0 Å². The minimum atomic E-state index is -0.328. The van der Waals surface area contributed by atoms with Crippen molar-refractivity contribution in [2.24, 2.45) is 0 Å². The van der Waals surface area contributed by atoms with E-state index in [1.807, 2.05) is 35.6 Å². The van der Waals surface area contributed by atoms with Crippen molar-refractivity contribution in [1.82, 2.24) is 19.5 Å². The Kier molecular flexibility index (Phi) is 6.71. The molecule has 0 saturated carbocycles. The van der Waals surface area contributed by atoms with Crippen LogP contribution in [-0.2, 0) is 9.59 Å². The number of aromatic nitrogens is 3. The molecule has 0 radical (unpaired) electrons. The predicted molar refractivity (Wildman–Crippen MR) is 130 cm³/mol. The molecular formula is C23H22ClN5O3S. The van der Waals surface area contributed by atoms with Crippen molar-refractivity contribution in [2.45, 2.75) is 12.1 Å². The average molecular weight is 484 g/mol. The second-order valence-corrected chi connectivity index (χ2v) is 8.80. The number of rotatable bonds is 7. The molecule has 2 aromatic heterocycles. The number of halogens is 1. The van der Waals surface area contributed by atoms with Crippen LogP contribution in [0.3, 0.4) is 0 Å². The summed E-state index contributed by atoms with van der Waals surface area (Å²) in [5.74, 6) is 0.292. The summed E-state index contributed by atoms with van der Waals surface area (Å²) in [6.07, 6.45) is 0. The highest BCUT2D eigenvalue weighted by molar-refractivity contribution is 7.99. The van der Waals surface area contributed by atoms with Crippen molar-refractivity contribution >= 4 is 57.4 Å². The molecule has 0 bridgehead atoms. The van der Waals surface area contributed by atoms with Crippen molar-refractivity contribution in [3.63, 3.8) is 0 Å². The van der Waals surface area contributed by atoms with E-state index in [1.54, 1.807) is 38.4 Å². The fourth-order valence-corrected chi connectivity index (χ4v) is 4.49. The van der Waals surface area contributed by atoms with Gasteiger partial charge in [0.2, 0.25) is 11.8 Å². The lowest BCUT2D eigenvalue weighted by Crippen LogP contribution is -2.36. The van der Waals surface area contributed by atoms with Crippen LogP contribution in [0.1, 0.15) is 5.56 Å². The summed E-state index contributed by atoms with van der Waals surface area (Å²) in [4.78, 5) is 26.4. The van der Waals surface area contributed by atoms with E-state index in [0.717, 1.165) is 22.2 Å². The van der Waals surface area contributed by atoms with Gasteiger partial charge < -0.3 is 15.0 Å². The number of para-hydroxylation sites is 1. The average Bonchev–Trinajstić information content (AvgIpc) is 3.21.